The van der Waals surface area contributed by atoms with E-state index in [4.69, 9.17) is 16.3 Å². The molecule has 1 amide bonds. The van der Waals surface area contributed by atoms with Crippen LogP contribution < -0.4 is 0 Å². The van der Waals surface area contributed by atoms with E-state index in [0.717, 1.165) is 0 Å². The van der Waals surface area contributed by atoms with E-state index in [1.54, 1.807) is 36.4 Å². The Morgan fingerprint density at radius 1 is 1.21 bits per heavy atom. The van der Waals surface area contributed by atoms with E-state index in [9.17, 15) is 14.9 Å². The quantitative estimate of drug-likeness (QED) is 0.629. The number of ether oxygens (including phenoxy) is 1. The SMILES string of the molecule is CC(=O)N1N=C(c2ccc(Cl)cc2)O[C@@H]1c1ccc([N+](=O)[O-])cc1. The lowest BCUT2D eigenvalue weighted by Crippen LogP contribution is -2.25. The van der Waals surface area contributed by atoms with Crippen molar-refractivity contribution in [3.05, 3.63) is 74.8 Å². The van der Waals surface area contributed by atoms with E-state index in [0.29, 0.717) is 16.1 Å². The predicted molar refractivity (Wildman–Crippen MR) is 87.4 cm³/mol. The highest BCUT2D eigenvalue weighted by Gasteiger charge is 2.33. The Bertz CT molecular complexity index is 818. The average molecular weight is 346 g/mol. The van der Waals surface area contributed by atoms with Crippen LogP contribution in [-0.4, -0.2) is 21.7 Å². The molecule has 1 atom stereocenters. The van der Waals surface area contributed by atoms with Gasteiger partial charge in [-0.3, -0.25) is 14.9 Å². The van der Waals surface area contributed by atoms with Crippen molar-refractivity contribution < 1.29 is 14.5 Å². The molecule has 1 heterocycles. The summed E-state index contributed by atoms with van der Waals surface area (Å²) in [4.78, 5) is 22.1. The summed E-state index contributed by atoms with van der Waals surface area (Å²) in [6.07, 6.45) is -0.769. The van der Waals surface area contributed by atoms with E-state index in [-0.39, 0.29) is 17.5 Å². The molecule has 2 aromatic carbocycles. The fourth-order valence-corrected chi connectivity index (χ4v) is 2.38. The number of benzene rings is 2. The number of nitrogens with zero attached hydrogens (tertiary/aromatic N) is 3. The van der Waals surface area contributed by atoms with Crippen molar-refractivity contribution in [1.82, 2.24) is 5.01 Å². The first-order chi connectivity index (χ1) is 11.5. The minimum Gasteiger partial charge on any atom is -0.446 e. The first-order valence-corrected chi connectivity index (χ1v) is 7.39. The Morgan fingerprint density at radius 3 is 2.38 bits per heavy atom. The summed E-state index contributed by atoms with van der Waals surface area (Å²) >= 11 is 5.86. The highest BCUT2D eigenvalue weighted by Crippen LogP contribution is 2.31. The van der Waals surface area contributed by atoms with Gasteiger partial charge in [0.1, 0.15) is 0 Å². The normalized spacial score (nSPS) is 16.5. The number of carbonyl (C=O) groups excluding carboxylic acids is 1. The maximum Gasteiger partial charge on any atom is 0.269 e. The third-order valence-corrected chi connectivity index (χ3v) is 3.70. The smallest absolute Gasteiger partial charge is 0.269 e. The Balaban J connectivity index is 1.90. The van der Waals surface area contributed by atoms with Gasteiger partial charge in [-0.25, -0.2) is 0 Å². The highest BCUT2D eigenvalue weighted by molar-refractivity contribution is 6.30. The first-order valence-electron chi connectivity index (χ1n) is 7.01. The summed E-state index contributed by atoms with van der Waals surface area (Å²) < 4.78 is 5.79. The molecule has 1 aliphatic heterocycles. The van der Waals surface area contributed by atoms with Gasteiger partial charge in [-0.2, -0.15) is 5.01 Å². The average Bonchev–Trinajstić information content (AvgIpc) is 3.01. The van der Waals surface area contributed by atoms with E-state index in [2.05, 4.69) is 5.10 Å². The lowest BCUT2D eigenvalue weighted by Gasteiger charge is -2.19. The summed E-state index contributed by atoms with van der Waals surface area (Å²) in [7, 11) is 0. The molecule has 2 aromatic rings. The van der Waals surface area contributed by atoms with Crippen molar-refractivity contribution in [3.8, 4) is 0 Å². The summed E-state index contributed by atoms with van der Waals surface area (Å²) in [5.41, 5.74) is 1.23. The summed E-state index contributed by atoms with van der Waals surface area (Å²) in [6, 6.07) is 12.7. The largest absolute Gasteiger partial charge is 0.446 e. The zero-order chi connectivity index (χ0) is 17.3. The van der Waals surface area contributed by atoms with Crippen LogP contribution in [0.4, 0.5) is 5.69 Å². The summed E-state index contributed by atoms with van der Waals surface area (Å²) in [5.74, 6) is -0.0208. The Kier molecular flexibility index (Phi) is 4.18. The van der Waals surface area contributed by atoms with Crippen molar-refractivity contribution in [3.63, 3.8) is 0 Å². The number of hydrazone groups is 1. The van der Waals surface area contributed by atoms with E-state index in [1.165, 1.54) is 24.1 Å². The van der Waals surface area contributed by atoms with Crippen LogP contribution in [0.15, 0.2) is 53.6 Å². The second-order valence-electron chi connectivity index (χ2n) is 5.09. The minimum atomic E-state index is -0.769. The molecule has 7 nitrogen and oxygen atoms in total. The van der Waals surface area contributed by atoms with Gasteiger partial charge in [0.2, 0.25) is 18.0 Å². The van der Waals surface area contributed by atoms with Gasteiger partial charge in [-0.15, -0.1) is 5.10 Å². The van der Waals surface area contributed by atoms with Crippen LogP contribution >= 0.6 is 11.6 Å². The van der Waals surface area contributed by atoms with Gasteiger partial charge in [0.15, 0.2) is 0 Å². The molecule has 0 saturated heterocycles. The maximum atomic E-state index is 11.8. The zero-order valence-electron chi connectivity index (χ0n) is 12.5. The molecule has 0 saturated carbocycles. The summed E-state index contributed by atoms with van der Waals surface area (Å²) in [6.45, 7) is 1.37. The number of hydrogen-bond donors (Lipinski definition) is 0. The fourth-order valence-electron chi connectivity index (χ4n) is 2.25. The van der Waals surface area contributed by atoms with Gasteiger partial charge in [0, 0.05) is 35.2 Å². The van der Waals surface area contributed by atoms with Gasteiger partial charge in [0.05, 0.1) is 4.92 Å². The fraction of sp³-hybridized carbons (Fsp3) is 0.125. The van der Waals surface area contributed by atoms with Gasteiger partial charge in [-0.1, -0.05) is 11.6 Å². The number of halogens is 1. The maximum absolute atomic E-state index is 11.8. The minimum absolute atomic E-state index is 0.0371. The lowest BCUT2D eigenvalue weighted by atomic mass is 10.1. The van der Waals surface area contributed by atoms with E-state index in [1.807, 2.05) is 0 Å². The number of rotatable bonds is 3. The van der Waals surface area contributed by atoms with E-state index >= 15 is 0 Å². The Morgan fingerprint density at radius 2 is 1.83 bits per heavy atom. The molecule has 8 heteroatoms. The second kappa shape index (κ2) is 6.29. The first kappa shape index (κ1) is 15.9. The van der Waals surface area contributed by atoms with Crippen LogP contribution in [0.5, 0.6) is 0 Å². The zero-order valence-corrected chi connectivity index (χ0v) is 13.3. The number of amides is 1. The molecule has 1 aliphatic rings. The molecule has 122 valence electrons. The third kappa shape index (κ3) is 3.07. The van der Waals surface area contributed by atoms with Crippen LogP contribution in [-0.2, 0) is 9.53 Å². The molecule has 3 rings (SSSR count). The van der Waals surface area contributed by atoms with E-state index < -0.39 is 11.2 Å². The van der Waals surface area contributed by atoms with Gasteiger partial charge in [-0.05, 0) is 36.4 Å². The number of hydrogen-bond acceptors (Lipinski definition) is 5. The topological polar surface area (TPSA) is 85.0 Å². The molecule has 0 aromatic heterocycles. The molecule has 24 heavy (non-hydrogen) atoms. The van der Waals surface area contributed by atoms with Crippen molar-refractivity contribution >= 4 is 29.1 Å². The van der Waals surface area contributed by atoms with Crippen LogP contribution in [0.1, 0.15) is 24.3 Å². The molecule has 0 aliphatic carbocycles. The lowest BCUT2D eigenvalue weighted by molar-refractivity contribution is -0.384. The number of nitro benzene ring substituents is 1. The molecule has 0 radical (unpaired) electrons. The number of nitro groups is 1. The predicted octanol–water partition coefficient (Wildman–Crippen LogP) is 3.49. The van der Waals surface area contributed by atoms with Crippen LogP contribution in [0, 0.1) is 10.1 Å². The molecular formula is C16H12ClN3O4. The van der Waals surface area contributed by atoms with Crippen molar-refractivity contribution in [2.24, 2.45) is 5.10 Å². The van der Waals surface area contributed by atoms with Gasteiger partial charge in [0.25, 0.3) is 5.69 Å². The second-order valence-corrected chi connectivity index (χ2v) is 5.53. The van der Waals surface area contributed by atoms with Crippen molar-refractivity contribution in [2.75, 3.05) is 0 Å². The standard InChI is InChI=1S/C16H12ClN3O4/c1-10(21)19-16(12-4-8-14(9-5-12)20(22)23)24-15(18-19)11-2-6-13(17)7-3-11/h2-9,16H,1H3/t16-/m1/s1. The number of non-ortho nitro benzene ring substituents is 1. The summed E-state index contributed by atoms with van der Waals surface area (Å²) in [5, 5.41) is 16.7. The monoisotopic (exact) mass is 345 g/mol. The van der Waals surface area contributed by atoms with Crippen LogP contribution in [0.25, 0.3) is 0 Å². The Labute approximate surface area is 142 Å². The molecule has 0 unspecified atom stereocenters. The molecular weight excluding hydrogens is 334 g/mol. The molecule has 0 N–H and O–H groups in total. The van der Waals surface area contributed by atoms with Gasteiger partial charge >= 0.3 is 0 Å². The van der Waals surface area contributed by atoms with Crippen molar-refractivity contribution in [2.45, 2.75) is 13.2 Å². The van der Waals surface area contributed by atoms with Gasteiger partial charge < -0.3 is 4.74 Å². The van der Waals surface area contributed by atoms with Crippen molar-refractivity contribution in [1.29, 1.82) is 0 Å². The Hall–Kier alpha value is -2.93. The molecule has 0 spiro atoms. The van der Waals surface area contributed by atoms with Crippen LogP contribution in [0.3, 0.4) is 0 Å². The van der Waals surface area contributed by atoms with Crippen LogP contribution in [0.2, 0.25) is 5.02 Å². The number of carbonyl (C=O) groups is 1. The third-order valence-electron chi connectivity index (χ3n) is 3.45. The molecule has 0 fully saturated rings. The highest BCUT2D eigenvalue weighted by atomic mass is 35.5. The molecule has 0 bridgehead atoms.